The van der Waals surface area contributed by atoms with Gasteiger partial charge in [-0.25, -0.2) is 0 Å². The molecule has 0 aliphatic rings. The first-order valence-corrected chi connectivity index (χ1v) is 5.05. The lowest BCUT2D eigenvalue weighted by molar-refractivity contribution is 0.100. The molecule has 0 unspecified atom stereocenters. The standard InChI is InChI=1S/C10H13BrN2O/c1-13(2)9-4-3-7(5-8(9)11)10(14)6-12/h3-5H,6,12H2,1-2H3. The average molecular weight is 257 g/mol. The number of nitrogens with zero attached hydrogens (tertiary/aromatic N) is 1. The third-order valence-electron chi connectivity index (χ3n) is 1.94. The summed E-state index contributed by atoms with van der Waals surface area (Å²) in [5.74, 6) is -0.0454. The molecule has 1 aromatic carbocycles. The highest BCUT2D eigenvalue weighted by Crippen LogP contribution is 2.25. The number of rotatable bonds is 3. The second kappa shape index (κ2) is 4.57. The summed E-state index contributed by atoms with van der Waals surface area (Å²) in [6, 6.07) is 5.48. The molecule has 2 N–H and O–H groups in total. The van der Waals surface area contributed by atoms with Crippen LogP contribution in [0.15, 0.2) is 22.7 Å². The number of nitrogens with two attached hydrogens (primary N) is 1. The van der Waals surface area contributed by atoms with Gasteiger partial charge in [0.25, 0.3) is 0 Å². The van der Waals surface area contributed by atoms with Crippen LogP contribution in [0, 0.1) is 0 Å². The van der Waals surface area contributed by atoms with Gasteiger partial charge in [-0.3, -0.25) is 4.79 Å². The molecule has 0 saturated carbocycles. The van der Waals surface area contributed by atoms with Crippen LogP contribution in [-0.4, -0.2) is 26.4 Å². The predicted molar refractivity (Wildman–Crippen MR) is 61.9 cm³/mol. The Labute approximate surface area is 92.0 Å². The van der Waals surface area contributed by atoms with E-state index in [1.54, 1.807) is 12.1 Å². The third-order valence-corrected chi connectivity index (χ3v) is 2.57. The molecule has 4 heteroatoms. The van der Waals surface area contributed by atoms with Crippen LogP contribution in [0.5, 0.6) is 0 Å². The second-order valence-corrected chi connectivity index (χ2v) is 4.04. The highest BCUT2D eigenvalue weighted by atomic mass is 79.9. The topological polar surface area (TPSA) is 46.3 Å². The molecular weight excluding hydrogens is 244 g/mol. The minimum atomic E-state index is -0.0454. The molecular formula is C10H13BrN2O. The molecule has 0 amide bonds. The second-order valence-electron chi connectivity index (χ2n) is 3.19. The van der Waals surface area contributed by atoms with E-state index in [9.17, 15) is 4.79 Å². The van der Waals surface area contributed by atoms with Crippen molar-refractivity contribution in [3.8, 4) is 0 Å². The zero-order valence-corrected chi connectivity index (χ0v) is 9.84. The van der Waals surface area contributed by atoms with Crippen molar-refractivity contribution in [1.82, 2.24) is 0 Å². The van der Waals surface area contributed by atoms with Crippen molar-refractivity contribution in [2.24, 2.45) is 5.73 Å². The third kappa shape index (κ3) is 2.33. The number of Topliss-reactive ketones (excluding diaryl/α,β-unsaturated/α-hetero) is 1. The number of hydrogen-bond donors (Lipinski definition) is 1. The van der Waals surface area contributed by atoms with Crippen LogP contribution in [0.3, 0.4) is 0 Å². The largest absolute Gasteiger partial charge is 0.377 e. The Morgan fingerprint density at radius 3 is 2.57 bits per heavy atom. The van der Waals surface area contributed by atoms with Gasteiger partial charge >= 0.3 is 0 Å². The SMILES string of the molecule is CN(C)c1ccc(C(=O)CN)cc1Br. The van der Waals surface area contributed by atoms with E-state index in [2.05, 4.69) is 15.9 Å². The van der Waals surface area contributed by atoms with E-state index in [-0.39, 0.29) is 12.3 Å². The van der Waals surface area contributed by atoms with Crippen LogP contribution in [-0.2, 0) is 0 Å². The van der Waals surface area contributed by atoms with Gasteiger partial charge < -0.3 is 10.6 Å². The first kappa shape index (κ1) is 11.2. The Morgan fingerprint density at radius 1 is 1.50 bits per heavy atom. The summed E-state index contributed by atoms with van der Waals surface area (Å²) in [7, 11) is 3.90. The van der Waals surface area contributed by atoms with Crippen LogP contribution in [0.25, 0.3) is 0 Å². The number of ketones is 1. The summed E-state index contributed by atoms with van der Waals surface area (Å²) < 4.78 is 0.904. The van der Waals surface area contributed by atoms with Gasteiger partial charge in [0.15, 0.2) is 5.78 Å². The van der Waals surface area contributed by atoms with Crippen molar-refractivity contribution in [1.29, 1.82) is 0 Å². The molecule has 0 aromatic heterocycles. The molecule has 0 aliphatic heterocycles. The molecule has 14 heavy (non-hydrogen) atoms. The molecule has 0 aliphatic carbocycles. The lowest BCUT2D eigenvalue weighted by Crippen LogP contribution is -2.14. The minimum absolute atomic E-state index is 0.0454. The lowest BCUT2D eigenvalue weighted by Gasteiger charge is -2.14. The smallest absolute Gasteiger partial charge is 0.176 e. The van der Waals surface area contributed by atoms with E-state index < -0.39 is 0 Å². The van der Waals surface area contributed by atoms with Gasteiger partial charge in [0, 0.05) is 24.1 Å². The van der Waals surface area contributed by atoms with Gasteiger partial charge in [-0.15, -0.1) is 0 Å². The van der Waals surface area contributed by atoms with Crippen molar-refractivity contribution < 1.29 is 4.79 Å². The number of halogens is 1. The fraction of sp³-hybridized carbons (Fsp3) is 0.300. The van der Waals surface area contributed by atoms with Crippen LogP contribution in [0.1, 0.15) is 10.4 Å². The zero-order chi connectivity index (χ0) is 10.7. The fourth-order valence-corrected chi connectivity index (χ4v) is 1.89. The number of hydrogen-bond acceptors (Lipinski definition) is 3. The molecule has 1 aromatic rings. The van der Waals surface area contributed by atoms with Crippen molar-refractivity contribution in [2.45, 2.75) is 0 Å². The predicted octanol–water partition coefficient (Wildman–Crippen LogP) is 1.66. The minimum Gasteiger partial charge on any atom is -0.377 e. The van der Waals surface area contributed by atoms with Crippen LogP contribution in [0.4, 0.5) is 5.69 Å². The maximum atomic E-state index is 11.3. The first-order chi connectivity index (χ1) is 6.56. The van der Waals surface area contributed by atoms with Gasteiger partial charge in [0.05, 0.1) is 12.2 Å². The van der Waals surface area contributed by atoms with Crippen molar-refractivity contribution in [3.05, 3.63) is 28.2 Å². The first-order valence-electron chi connectivity index (χ1n) is 4.26. The number of carbonyl (C=O) groups is 1. The summed E-state index contributed by atoms with van der Waals surface area (Å²) in [5, 5.41) is 0. The molecule has 76 valence electrons. The number of carbonyl (C=O) groups excluding carboxylic acids is 1. The van der Waals surface area contributed by atoms with E-state index in [4.69, 9.17) is 5.73 Å². The van der Waals surface area contributed by atoms with E-state index in [0.717, 1.165) is 10.2 Å². The van der Waals surface area contributed by atoms with E-state index in [0.29, 0.717) is 5.56 Å². The van der Waals surface area contributed by atoms with Gasteiger partial charge in [0.1, 0.15) is 0 Å². The van der Waals surface area contributed by atoms with Crippen molar-refractivity contribution >= 4 is 27.4 Å². The van der Waals surface area contributed by atoms with Crippen molar-refractivity contribution in [2.75, 3.05) is 25.5 Å². The van der Waals surface area contributed by atoms with E-state index in [1.807, 2.05) is 25.1 Å². The average Bonchev–Trinajstić information content (AvgIpc) is 2.15. The van der Waals surface area contributed by atoms with Crippen LogP contribution >= 0.6 is 15.9 Å². The van der Waals surface area contributed by atoms with Gasteiger partial charge in [-0.05, 0) is 34.1 Å². The number of benzene rings is 1. The summed E-state index contributed by atoms with van der Waals surface area (Å²) in [6.45, 7) is 0.0494. The van der Waals surface area contributed by atoms with Crippen molar-refractivity contribution in [3.63, 3.8) is 0 Å². The molecule has 0 fully saturated rings. The molecule has 0 radical (unpaired) electrons. The fourth-order valence-electron chi connectivity index (χ4n) is 1.16. The monoisotopic (exact) mass is 256 g/mol. The highest BCUT2D eigenvalue weighted by molar-refractivity contribution is 9.10. The normalized spacial score (nSPS) is 10.0. The molecule has 3 nitrogen and oxygen atoms in total. The lowest BCUT2D eigenvalue weighted by atomic mass is 10.1. The van der Waals surface area contributed by atoms with Crippen LogP contribution < -0.4 is 10.6 Å². The molecule has 0 atom stereocenters. The quantitative estimate of drug-likeness (QED) is 0.837. The summed E-state index contributed by atoms with van der Waals surface area (Å²) in [4.78, 5) is 13.3. The van der Waals surface area contributed by atoms with E-state index in [1.165, 1.54) is 0 Å². The molecule has 0 heterocycles. The Morgan fingerprint density at radius 2 is 2.14 bits per heavy atom. The Kier molecular flexibility index (Phi) is 3.66. The van der Waals surface area contributed by atoms with Crippen LogP contribution in [0.2, 0.25) is 0 Å². The number of anilines is 1. The Hall–Kier alpha value is -0.870. The van der Waals surface area contributed by atoms with Gasteiger partial charge in [-0.1, -0.05) is 0 Å². The van der Waals surface area contributed by atoms with Gasteiger partial charge in [-0.2, -0.15) is 0 Å². The Bertz CT molecular complexity index is 350. The molecule has 1 rings (SSSR count). The maximum absolute atomic E-state index is 11.3. The summed E-state index contributed by atoms with van der Waals surface area (Å²) in [6.07, 6.45) is 0. The zero-order valence-electron chi connectivity index (χ0n) is 8.25. The summed E-state index contributed by atoms with van der Waals surface area (Å²) in [5.41, 5.74) is 6.96. The van der Waals surface area contributed by atoms with E-state index >= 15 is 0 Å². The Balaban J connectivity index is 3.06. The highest BCUT2D eigenvalue weighted by Gasteiger charge is 2.07. The summed E-state index contributed by atoms with van der Waals surface area (Å²) >= 11 is 3.41. The van der Waals surface area contributed by atoms with Gasteiger partial charge in [0.2, 0.25) is 0 Å². The maximum Gasteiger partial charge on any atom is 0.176 e. The molecule has 0 saturated heterocycles. The molecule has 0 bridgehead atoms. The molecule has 0 spiro atoms.